The standard InChI is InChI=1S/C13H19N5O2/c1-8-6-11(17-13(14)15-8)18-4-5-20-7-10(18)12(19)16-9-2-3-9/h6,9-10H,2-5,7H2,1H3,(H,16,19)(H2,14,15,17). The lowest BCUT2D eigenvalue weighted by molar-refractivity contribution is -0.124. The molecule has 0 spiro atoms. The van der Waals surface area contributed by atoms with E-state index in [9.17, 15) is 4.79 Å². The van der Waals surface area contributed by atoms with Gasteiger partial charge in [0, 0.05) is 24.3 Å². The van der Waals surface area contributed by atoms with Crippen molar-refractivity contribution in [1.82, 2.24) is 15.3 Å². The molecule has 1 saturated heterocycles. The van der Waals surface area contributed by atoms with Gasteiger partial charge in [0.2, 0.25) is 11.9 Å². The van der Waals surface area contributed by atoms with Gasteiger partial charge in [0.25, 0.3) is 0 Å². The minimum absolute atomic E-state index is 0.00189. The summed E-state index contributed by atoms with van der Waals surface area (Å²) in [5.41, 5.74) is 6.49. The number of aryl methyl sites for hydroxylation is 1. The minimum Gasteiger partial charge on any atom is -0.377 e. The Morgan fingerprint density at radius 3 is 3.00 bits per heavy atom. The third kappa shape index (κ3) is 2.82. The van der Waals surface area contributed by atoms with Crippen LogP contribution in [0.15, 0.2) is 6.07 Å². The molecule has 20 heavy (non-hydrogen) atoms. The molecule has 108 valence electrons. The number of hydrogen-bond acceptors (Lipinski definition) is 6. The second kappa shape index (κ2) is 5.24. The highest BCUT2D eigenvalue weighted by atomic mass is 16.5. The lowest BCUT2D eigenvalue weighted by atomic mass is 10.2. The maximum Gasteiger partial charge on any atom is 0.245 e. The minimum atomic E-state index is -0.349. The predicted molar refractivity (Wildman–Crippen MR) is 74.3 cm³/mol. The number of carbonyl (C=O) groups is 1. The number of nitrogens with two attached hydrogens (primary N) is 1. The second-order valence-corrected chi connectivity index (χ2v) is 5.29. The Morgan fingerprint density at radius 1 is 1.50 bits per heavy atom. The number of rotatable bonds is 3. The summed E-state index contributed by atoms with van der Waals surface area (Å²) in [4.78, 5) is 22.6. The molecule has 1 atom stereocenters. The molecule has 0 bridgehead atoms. The fourth-order valence-electron chi connectivity index (χ4n) is 2.34. The van der Waals surface area contributed by atoms with E-state index in [0.717, 1.165) is 18.5 Å². The molecule has 3 N–H and O–H groups in total. The van der Waals surface area contributed by atoms with Crippen LogP contribution < -0.4 is 16.0 Å². The number of ether oxygens (including phenoxy) is 1. The number of aromatic nitrogens is 2. The highest BCUT2D eigenvalue weighted by molar-refractivity contribution is 5.85. The number of nitrogens with zero attached hydrogens (tertiary/aromatic N) is 3. The first-order valence-corrected chi connectivity index (χ1v) is 6.89. The van der Waals surface area contributed by atoms with Crippen molar-refractivity contribution in [3.05, 3.63) is 11.8 Å². The van der Waals surface area contributed by atoms with Crippen molar-refractivity contribution in [2.75, 3.05) is 30.4 Å². The van der Waals surface area contributed by atoms with Crippen molar-refractivity contribution < 1.29 is 9.53 Å². The van der Waals surface area contributed by atoms with E-state index in [-0.39, 0.29) is 17.9 Å². The van der Waals surface area contributed by atoms with Crippen molar-refractivity contribution in [3.63, 3.8) is 0 Å². The molecule has 1 unspecified atom stereocenters. The highest BCUT2D eigenvalue weighted by Gasteiger charge is 2.34. The maximum absolute atomic E-state index is 12.3. The molecule has 2 heterocycles. The number of anilines is 2. The zero-order valence-corrected chi connectivity index (χ0v) is 11.5. The number of morpholine rings is 1. The molecule has 0 radical (unpaired) electrons. The topological polar surface area (TPSA) is 93.4 Å². The van der Waals surface area contributed by atoms with E-state index in [1.807, 2.05) is 17.9 Å². The van der Waals surface area contributed by atoms with E-state index in [2.05, 4.69) is 15.3 Å². The summed E-state index contributed by atoms with van der Waals surface area (Å²) in [5, 5.41) is 3.02. The normalized spacial score (nSPS) is 22.6. The highest BCUT2D eigenvalue weighted by Crippen LogP contribution is 2.22. The average Bonchev–Trinajstić information content (AvgIpc) is 3.21. The number of amides is 1. The van der Waals surface area contributed by atoms with E-state index in [0.29, 0.717) is 31.6 Å². The van der Waals surface area contributed by atoms with Crippen LogP contribution in [0.25, 0.3) is 0 Å². The van der Waals surface area contributed by atoms with Gasteiger partial charge in [0.15, 0.2) is 0 Å². The molecule has 1 aromatic rings. The molecule has 2 aliphatic rings. The maximum atomic E-state index is 12.3. The monoisotopic (exact) mass is 277 g/mol. The van der Waals surface area contributed by atoms with Crippen LogP contribution in [0.5, 0.6) is 0 Å². The third-order valence-corrected chi connectivity index (χ3v) is 3.51. The lowest BCUT2D eigenvalue weighted by Crippen LogP contribution is -2.54. The molecule has 7 nitrogen and oxygen atoms in total. The van der Waals surface area contributed by atoms with Gasteiger partial charge in [-0.2, -0.15) is 4.98 Å². The van der Waals surface area contributed by atoms with Crippen LogP contribution in [0, 0.1) is 6.92 Å². The second-order valence-electron chi connectivity index (χ2n) is 5.29. The lowest BCUT2D eigenvalue weighted by Gasteiger charge is -2.35. The smallest absolute Gasteiger partial charge is 0.245 e. The van der Waals surface area contributed by atoms with Crippen LogP contribution >= 0.6 is 0 Å². The molecule has 1 aliphatic heterocycles. The van der Waals surface area contributed by atoms with Gasteiger partial charge in [-0.25, -0.2) is 4.98 Å². The summed E-state index contributed by atoms with van der Waals surface area (Å²) >= 11 is 0. The van der Waals surface area contributed by atoms with Crippen LogP contribution in [0.3, 0.4) is 0 Å². The van der Waals surface area contributed by atoms with Crippen LogP contribution in [-0.2, 0) is 9.53 Å². The molecule has 0 aromatic carbocycles. The molecular formula is C13H19N5O2. The molecule has 7 heteroatoms. The molecule has 3 rings (SSSR count). The van der Waals surface area contributed by atoms with Crippen molar-refractivity contribution in [2.24, 2.45) is 0 Å². The number of nitrogens with one attached hydrogen (secondary N) is 1. The zero-order chi connectivity index (χ0) is 14.1. The van der Waals surface area contributed by atoms with Gasteiger partial charge < -0.3 is 20.7 Å². The molecular weight excluding hydrogens is 258 g/mol. The Labute approximate surface area is 117 Å². The van der Waals surface area contributed by atoms with Crippen LogP contribution in [-0.4, -0.2) is 47.7 Å². The van der Waals surface area contributed by atoms with Crippen molar-refractivity contribution >= 4 is 17.7 Å². The Hall–Kier alpha value is -1.89. The van der Waals surface area contributed by atoms with Crippen LogP contribution in [0.4, 0.5) is 11.8 Å². The van der Waals surface area contributed by atoms with Gasteiger partial charge in [0.1, 0.15) is 11.9 Å². The van der Waals surface area contributed by atoms with E-state index in [1.165, 1.54) is 0 Å². The van der Waals surface area contributed by atoms with E-state index < -0.39 is 0 Å². The van der Waals surface area contributed by atoms with Crippen molar-refractivity contribution in [2.45, 2.75) is 31.8 Å². The van der Waals surface area contributed by atoms with Gasteiger partial charge in [-0.15, -0.1) is 0 Å². The van der Waals surface area contributed by atoms with Crippen LogP contribution in [0.2, 0.25) is 0 Å². The van der Waals surface area contributed by atoms with Gasteiger partial charge in [-0.1, -0.05) is 0 Å². The van der Waals surface area contributed by atoms with E-state index in [1.54, 1.807) is 0 Å². The SMILES string of the molecule is Cc1cc(N2CCOCC2C(=O)NC2CC2)nc(N)n1. The van der Waals surface area contributed by atoms with Gasteiger partial charge >= 0.3 is 0 Å². The Bertz CT molecular complexity index is 497. The number of carbonyl (C=O) groups excluding carboxylic acids is 1. The Morgan fingerprint density at radius 2 is 2.30 bits per heavy atom. The molecule has 2 fully saturated rings. The summed E-state index contributed by atoms with van der Waals surface area (Å²) in [6, 6.07) is 1.83. The van der Waals surface area contributed by atoms with E-state index >= 15 is 0 Å². The summed E-state index contributed by atoms with van der Waals surface area (Å²) < 4.78 is 5.44. The molecule has 1 aromatic heterocycles. The number of nitrogen functional groups attached to an aromatic ring is 1. The van der Waals surface area contributed by atoms with Crippen LogP contribution in [0.1, 0.15) is 18.5 Å². The predicted octanol–water partition coefficient (Wildman–Crippen LogP) is -0.149. The van der Waals surface area contributed by atoms with E-state index in [4.69, 9.17) is 10.5 Å². The first kappa shape index (κ1) is 13.1. The summed E-state index contributed by atoms with van der Waals surface area (Å²) in [6.07, 6.45) is 2.14. The van der Waals surface area contributed by atoms with Gasteiger partial charge in [0.05, 0.1) is 13.2 Å². The Balaban J connectivity index is 1.81. The summed E-state index contributed by atoms with van der Waals surface area (Å²) in [7, 11) is 0. The Kier molecular flexibility index (Phi) is 3.43. The van der Waals surface area contributed by atoms with Crippen molar-refractivity contribution in [1.29, 1.82) is 0 Å². The first-order valence-electron chi connectivity index (χ1n) is 6.89. The molecule has 1 aliphatic carbocycles. The molecule has 1 saturated carbocycles. The fourth-order valence-corrected chi connectivity index (χ4v) is 2.34. The average molecular weight is 277 g/mol. The van der Waals surface area contributed by atoms with Crippen molar-refractivity contribution in [3.8, 4) is 0 Å². The zero-order valence-electron chi connectivity index (χ0n) is 11.5. The summed E-state index contributed by atoms with van der Waals surface area (Å²) in [5.74, 6) is 0.920. The largest absolute Gasteiger partial charge is 0.377 e. The summed E-state index contributed by atoms with van der Waals surface area (Å²) in [6.45, 7) is 3.44. The molecule has 1 amide bonds. The quantitative estimate of drug-likeness (QED) is 0.798. The first-order chi connectivity index (χ1) is 9.63. The fraction of sp³-hybridized carbons (Fsp3) is 0.615. The third-order valence-electron chi connectivity index (χ3n) is 3.51. The van der Waals surface area contributed by atoms with Gasteiger partial charge in [-0.3, -0.25) is 4.79 Å². The van der Waals surface area contributed by atoms with Gasteiger partial charge in [-0.05, 0) is 19.8 Å². The number of hydrogen-bond donors (Lipinski definition) is 2.